The Balaban J connectivity index is 2.35. The Labute approximate surface area is 140 Å². The van der Waals surface area contributed by atoms with E-state index in [-0.39, 0.29) is 6.04 Å². The minimum atomic E-state index is -0.0182. The zero-order chi connectivity index (χ0) is 13.8. The molecule has 0 spiro atoms. The number of rotatable bonds is 3. The number of hydrogen-bond acceptors (Lipinski definition) is 4. The van der Waals surface area contributed by atoms with Crippen molar-refractivity contribution < 1.29 is 5.11 Å². The number of benzene rings is 1. The number of nitrogens with one attached hydrogen (secondary N) is 1. The van der Waals surface area contributed by atoms with Gasteiger partial charge in [-0.1, -0.05) is 0 Å². The lowest BCUT2D eigenvalue weighted by Crippen LogP contribution is -2.45. The molecule has 1 saturated heterocycles. The topological polar surface area (TPSA) is 59.3 Å². The summed E-state index contributed by atoms with van der Waals surface area (Å²) in [7, 11) is 0. The number of nitriles is 1. The van der Waals surface area contributed by atoms with Crippen molar-refractivity contribution in [2.45, 2.75) is 12.5 Å². The van der Waals surface area contributed by atoms with Gasteiger partial charge in [0.25, 0.3) is 0 Å². The lowest BCUT2D eigenvalue weighted by Gasteiger charge is -2.34. The Morgan fingerprint density at radius 3 is 2.68 bits per heavy atom. The fourth-order valence-corrected chi connectivity index (χ4v) is 4.25. The molecular formula is C13H15I2N3O. The number of phenols is 1. The maximum atomic E-state index is 10.3. The van der Waals surface area contributed by atoms with E-state index in [1.165, 1.54) is 0 Å². The highest BCUT2D eigenvalue weighted by Gasteiger charge is 2.25. The van der Waals surface area contributed by atoms with Crippen LogP contribution in [0.25, 0.3) is 0 Å². The monoisotopic (exact) mass is 483 g/mol. The average molecular weight is 483 g/mol. The SMILES string of the molecule is N#CC[C@@H](c1cc(I)cc(I)c1O)N1CCNCC1. The molecule has 1 heterocycles. The summed E-state index contributed by atoms with van der Waals surface area (Å²) in [5.41, 5.74) is 0.875. The summed E-state index contributed by atoms with van der Waals surface area (Å²) in [5.74, 6) is 0.319. The van der Waals surface area contributed by atoms with Crippen LogP contribution in [0.4, 0.5) is 0 Å². The van der Waals surface area contributed by atoms with Crippen molar-refractivity contribution in [3.05, 3.63) is 24.8 Å². The van der Waals surface area contributed by atoms with Crippen molar-refractivity contribution in [1.82, 2.24) is 10.2 Å². The van der Waals surface area contributed by atoms with Crippen molar-refractivity contribution in [1.29, 1.82) is 5.26 Å². The third kappa shape index (κ3) is 3.71. The van der Waals surface area contributed by atoms with Crippen LogP contribution in [0.1, 0.15) is 18.0 Å². The normalized spacial score (nSPS) is 17.9. The predicted octanol–water partition coefficient (Wildman–Crippen LogP) is 2.46. The van der Waals surface area contributed by atoms with E-state index in [1.807, 2.05) is 12.1 Å². The summed E-state index contributed by atoms with van der Waals surface area (Å²) < 4.78 is 1.94. The number of halogens is 2. The van der Waals surface area contributed by atoms with Gasteiger partial charge in [0.05, 0.1) is 22.1 Å². The van der Waals surface area contributed by atoms with Gasteiger partial charge in [-0.2, -0.15) is 5.26 Å². The van der Waals surface area contributed by atoms with Gasteiger partial charge >= 0.3 is 0 Å². The maximum absolute atomic E-state index is 10.3. The van der Waals surface area contributed by atoms with Crippen LogP contribution in [0.15, 0.2) is 12.1 Å². The molecule has 19 heavy (non-hydrogen) atoms. The van der Waals surface area contributed by atoms with Crippen molar-refractivity contribution in [3.8, 4) is 11.8 Å². The zero-order valence-corrected chi connectivity index (χ0v) is 14.7. The van der Waals surface area contributed by atoms with E-state index in [0.29, 0.717) is 12.2 Å². The summed E-state index contributed by atoms with van der Waals surface area (Å²) in [6.07, 6.45) is 0.406. The largest absolute Gasteiger partial charge is 0.506 e. The molecule has 0 unspecified atom stereocenters. The maximum Gasteiger partial charge on any atom is 0.133 e. The van der Waals surface area contributed by atoms with Gasteiger partial charge in [0.2, 0.25) is 0 Å². The molecule has 1 fully saturated rings. The number of hydrogen-bond donors (Lipinski definition) is 2. The van der Waals surface area contributed by atoms with E-state index >= 15 is 0 Å². The molecule has 102 valence electrons. The van der Waals surface area contributed by atoms with E-state index in [2.05, 4.69) is 61.5 Å². The van der Waals surface area contributed by atoms with Crippen molar-refractivity contribution in [2.75, 3.05) is 26.2 Å². The molecule has 0 amide bonds. The van der Waals surface area contributed by atoms with Crippen LogP contribution in [0.3, 0.4) is 0 Å². The first-order chi connectivity index (χ1) is 9.13. The lowest BCUT2D eigenvalue weighted by molar-refractivity contribution is 0.173. The van der Waals surface area contributed by atoms with Crippen LogP contribution >= 0.6 is 45.2 Å². The second-order valence-electron chi connectivity index (χ2n) is 4.49. The third-order valence-corrected chi connectivity index (χ3v) is 4.74. The van der Waals surface area contributed by atoms with E-state index in [4.69, 9.17) is 5.26 Å². The van der Waals surface area contributed by atoms with Gasteiger partial charge in [-0.05, 0) is 57.3 Å². The highest BCUT2D eigenvalue weighted by molar-refractivity contribution is 14.1. The molecule has 6 heteroatoms. The zero-order valence-electron chi connectivity index (χ0n) is 10.4. The van der Waals surface area contributed by atoms with Crippen molar-refractivity contribution in [3.63, 3.8) is 0 Å². The van der Waals surface area contributed by atoms with Gasteiger partial charge in [0.15, 0.2) is 0 Å². The molecule has 0 radical (unpaired) electrons. The Hall–Kier alpha value is -0.110. The van der Waals surface area contributed by atoms with Crippen LogP contribution in [0.2, 0.25) is 0 Å². The van der Waals surface area contributed by atoms with Gasteiger partial charge < -0.3 is 10.4 Å². The molecule has 0 aliphatic carbocycles. The summed E-state index contributed by atoms with van der Waals surface area (Å²) in [6.45, 7) is 3.69. The minimum Gasteiger partial charge on any atom is -0.506 e. The van der Waals surface area contributed by atoms with Crippen LogP contribution < -0.4 is 5.32 Å². The summed E-state index contributed by atoms with van der Waals surface area (Å²) in [6, 6.07) is 6.17. The number of nitrogens with zero attached hydrogens (tertiary/aromatic N) is 2. The molecule has 1 aliphatic heterocycles. The standard InChI is InChI=1S/C13H15I2N3O/c14-9-7-10(13(19)11(15)8-9)12(1-2-16)18-5-3-17-4-6-18/h7-8,12,17,19H,1,3-6H2/t12-/m0/s1. The molecule has 0 bridgehead atoms. The molecule has 1 aromatic carbocycles. The Bertz CT molecular complexity index is 495. The molecule has 2 rings (SSSR count). The highest BCUT2D eigenvalue weighted by Crippen LogP contribution is 2.35. The summed E-state index contributed by atoms with van der Waals surface area (Å²) in [5, 5.41) is 22.7. The van der Waals surface area contributed by atoms with E-state index in [1.54, 1.807) is 0 Å². The van der Waals surface area contributed by atoms with Crippen LogP contribution in [-0.2, 0) is 0 Å². The van der Waals surface area contributed by atoms with Crippen LogP contribution in [-0.4, -0.2) is 36.2 Å². The van der Waals surface area contributed by atoms with Crippen LogP contribution in [0, 0.1) is 18.5 Å². The number of aromatic hydroxyl groups is 1. The highest BCUT2D eigenvalue weighted by atomic mass is 127. The quantitative estimate of drug-likeness (QED) is 0.650. The predicted molar refractivity (Wildman–Crippen MR) is 91.0 cm³/mol. The molecule has 2 N–H and O–H groups in total. The van der Waals surface area contributed by atoms with Gasteiger partial charge in [0, 0.05) is 35.3 Å². The van der Waals surface area contributed by atoms with Gasteiger partial charge in [-0.3, -0.25) is 4.90 Å². The van der Waals surface area contributed by atoms with E-state index in [9.17, 15) is 5.11 Å². The smallest absolute Gasteiger partial charge is 0.133 e. The molecule has 1 atom stereocenters. The summed E-state index contributed by atoms with van der Waals surface area (Å²) >= 11 is 4.39. The third-order valence-electron chi connectivity index (χ3n) is 3.29. The lowest BCUT2D eigenvalue weighted by atomic mass is 10.0. The first-order valence-electron chi connectivity index (χ1n) is 6.13. The molecule has 1 aromatic rings. The first-order valence-corrected chi connectivity index (χ1v) is 8.29. The molecule has 1 aliphatic rings. The number of piperazine rings is 1. The fraction of sp³-hybridized carbons (Fsp3) is 0.462. The summed E-state index contributed by atoms with van der Waals surface area (Å²) in [4.78, 5) is 2.28. The van der Waals surface area contributed by atoms with Gasteiger partial charge in [0.1, 0.15) is 5.75 Å². The van der Waals surface area contributed by atoms with Crippen LogP contribution in [0.5, 0.6) is 5.75 Å². The Morgan fingerprint density at radius 1 is 1.37 bits per heavy atom. The van der Waals surface area contributed by atoms with Crippen molar-refractivity contribution >= 4 is 45.2 Å². The Kier molecular flexibility index (Phi) is 5.68. The second-order valence-corrected chi connectivity index (χ2v) is 6.90. The molecule has 0 saturated carbocycles. The molecular weight excluding hydrogens is 468 g/mol. The molecule has 4 nitrogen and oxygen atoms in total. The minimum absolute atomic E-state index is 0.0182. The fourth-order valence-electron chi connectivity index (χ4n) is 2.36. The van der Waals surface area contributed by atoms with Crippen molar-refractivity contribution in [2.24, 2.45) is 0 Å². The first kappa shape index (κ1) is 15.3. The van der Waals surface area contributed by atoms with Gasteiger partial charge in [-0.15, -0.1) is 0 Å². The second kappa shape index (κ2) is 7.06. The number of phenolic OH excluding ortho intramolecular Hbond substituents is 1. The molecule has 0 aromatic heterocycles. The van der Waals surface area contributed by atoms with E-state index < -0.39 is 0 Å². The Morgan fingerprint density at radius 2 is 2.05 bits per heavy atom. The van der Waals surface area contributed by atoms with Gasteiger partial charge in [-0.25, -0.2) is 0 Å². The average Bonchev–Trinajstić information content (AvgIpc) is 2.41. The van der Waals surface area contributed by atoms with E-state index in [0.717, 1.165) is 38.9 Å².